The highest BCUT2D eigenvalue weighted by atomic mass is 35.5. The lowest BCUT2D eigenvalue weighted by molar-refractivity contribution is 0.111. The number of benzene rings is 2. The van der Waals surface area contributed by atoms with Crippen LogP contribution >= 0.6 is 11.6 Å². The second-order valence-corrected chi connectivity index (χ2v) is 6.34. The van der Waals surface area contributed by atoms with Crippen molar-refractivity contribution in [2.75, 3.05) is 25.9 Å². The van der Waals surface area contributed by atoms with Gasteiger partial charge in [0, 0.05) is 12.2 Å². The number of rotatable bonds is 8. The van der Waals surface area contributed by atoms with E-state index in [1.165, 1.54) is 6.20 Å². The summed E-state index contributed by atoms with van der Waals surface area (Å²) in [4.78, 5) is 11.5. The van der Waals surface area contributed by atoms with Crippen molar-refractivity contribution in [1.29, 1.82) is 0 Å². The second kappa shape index (κ2) is 9.27. The number of nitrogens with one attached hydrogen (secondary N) is 1. The van der Waals surface area contributed by atoms with Crippen LogP contribution < -0.4 is 21.5 Å². The van der Waals surface area contributed by atoms with E-state index >= 15 is 0 Å². The molecule has 0 saturated heterocycles. The van der Waals surface area contributed by atoms with Crippen molar-refractivity contribution in [3.05, 3.63) is 63.3 Å². The van der Waals surface area contributed by atoms with E-state index < -0.39 is 0 Å². The van der Waals surface area contributed by atoms with Gasteiger partial charge in [-0.3, -0.25) is 4.79 Å². The maximum Gasteiger partial charge on any atom is 0.153 e. The molecule has 0 radical (unpaired) electrons. The smallest absolute Gasteiger partial charge is 0.153 e. The summed E-state index contributed by atoms with van der Waals surface area (Å²) in [5.74, 6) is 0.433. The van der Waals surface area contributed by atoms with Gasteiger partial charge in [-0.2, -0.15) is 0 Å². The van der Waals surface area contributed by atoms with Crippen LogP contribution in [0.4, 0.5) is 5.69 Å². The van der Waals surface area contributed by atoms with Crippen molar-refractivity contribution in [3.8, 4) is 5.75 Å². The largest absolute Gasteiger partial charge is 0.490 e. The molecule has 2 aromatic carbocycles. The minimum Gasteiger partial charge on any atom is -0.490 e. The van der Waals surface area contributed by atoms with Gasteiger partial charge in [-0.1, -0.05) is 17.7 Å². The van der Waals surface area contributed by atoms with Crippen molar-refractivity contribution < 1.29 is 9.53 Å². The number of anilines is 1. The summed E-state index contributed by atoms with van der Waals surface area (Å²) in [6.07, 6.45) is 4.61. The molecule has 2 aromatic rings. The Labute approximate surface area is 159 Å². The molecule has 0 spiro atoms. The molecule has 0 saturated carbocycles. The van der Waals surface area contributed by atoms with E-state index in [9.17, 15) is 4.79 Å². The summed E-state index contributed by atoms with van der Waals surface area (Å²) in [6.45, 7) is 3.02. The van der Waals surface area contributed by atoms with Crippen LogP contribution in [0.25, 0.3) is 6.08 Å². The summed E-state index contributed by atoms with van der Waals surface area (Å²) < 4.78 is 5.69. The number of aldehydes is 1. The van der Waals surface area contributed by atoms with Crippen LogP contribution in [0.3, 0.4) is 0 Å². The van der Waals surface area contributed by atoms with Gasteiger partial charge in [0.15, 0.2) is 6.29 Å². The van der Waals surface area contributed by atoms with Crippen molar-refractivity contribution in [2.45, 2.75) is 13.3 Å². The number of hydrogen-bond donors (Lipinski definition) is 3. The van der Waals surface area contributed by atoms with E-state index in [-0.39, 0.29) is 0 Å². The highest BCUT2D eigenvalue weighted by molar-refractivity contribution is 6.33. The molecule has 2 rings (SSSR count). The Balaban J connectivity index is 2.37. The monoisotopic (exact) mass is 373 g/mol. The minimum atomic E-state index is 0.433. The van der Waals surface area contributed by atoms with Gasteiger partial charge in [0.05, 0.1) is 10.6 Å². The first-order valence-corrected chi connectivity index (χ1v) is 8.70. The average Bonchev–Trinajstić information content (AvgIpc) is 2.63. The summed E-state index contributed by atoms with van der Waals surface area (Å²) in [7, 11) is 1.83. The van der Waals surface area contributed by atoms with Crippen LogP contribution in [0.15, 0.2) is 30.5 Å². The zero-order chi connectivity index (χ0) is 19.1. The normalized spacial score (nSPS) is 11.0. The number of carbonyl (C=O) groups is 1. The summed E-state index contributed by atoms with van der Waals surface area (Å²) in [5, 5.41) is 3.46. The Hall–Kier alpha value is -2.50. The molecule has 0 atom stereocenters. The molecule has 0 fully saturated rings. The van der Waals surface area contributed by atoms with Gasteiger partial charge in [0.2, 0.25) is 0 Å². The Kier molecular flexibility index (Phi) is 7.06. The molecular formula is C20H24ClN3O2. The van der Waals surface area contributed by atoms with Crippen molar-refractivity contribution in [1.82, 2.24) is 5.32 Å². The molecule has 0 heterocycles. The van der Waals surface area contributed by atoms with Crippen LogP contribution in [0.1, 0.15) is 32.6 Å². The predicted molar refractivity (Wildman–Crippen MR) is 108 cm³/mol. The molecular weight excluding hydrogens is 350 g/mol. The molecule has 5 N–H and O–H groups in total. The number of nitrogen functional groups attached to an aromatic ring is 1. The van der Waals surface area contributed by atoms with Gasteiger partial charge in [-0.15, -0.1) is 0 Å². The molecule has 6 heteroatoms. The molecule has 0 aliphatic rings. The van der Waals surface area contributed by atoms with E-state index in [1.54, 1.807) is 6.08 Å². The topological polar surface area (TPSA) is 90.4 Å². The maximum atomic E-state index is 11.5. The molecule has 0 aliphatic heterocycles. The molecule has 26 heavy (non-hydrogen) atoms. The third-order valence-electron chi connectivity index (χ3n) is 4.15. The van der Waals surface area contributed by atoms with E-state index in [0.29, 0.717) is 41.6 Å². The third kappa shape index (κ3) is 4.56. The molecule has 0 unspecified atom stereocenters. The van der Waals surface area contributed by atoms with E-state index in [1.807, 2.05) is 38.2 Å². The van der Waals surface area contributed by atoms with Crippen molar-refractivity contribution in [3.63, 3.8) is 0 Å². The van der Waals surface area contributed by atoms with E-state index in [4.69, 9.17) is 27.8 Å². The number of nitrogens with two attached hydrogens (primary N) is 2. The summed E-state index contributed by atoms with van der Waals surface area (Å²) in [6, 6.07) is 7.60. The number of likely N-dealkylation sites (N-methyl/N-ethyl adjacent to an activating group) is 1. The molecule has 0 aromatic heterocycles. The lowest BCUT2D eigenvalue weighted by atomic mass is 9.96. The molecule has 0 aliphatic carbocycles. The predicted octanol–water partition coefficient (Wildman–Crippen LogP) is 3.16. The lowest BCUT2D eigenvalue weighted by Crippen LogP contribution is -2.17. The molecule has 0 amide bonds. The fraction of sp³-hybridized carbons (Fsp3) is 0.250. The quantitative estimate of drug-likeness (QED) is 0.375. The first kappa shape index (κ1) is 19.8. The zero-order valence-electron chi connectivity index (χ0n) is 15.0. The van der Waals surface area contributed by atoms with Crippen LogP contribution in [0.5, 0.6) is 5.75 Å². The van der Waals surface area contributed by atoms with Crippen LogP contribution in [-0.4, -0.2) is 26.5 Å². The molecule has 5 nitrogen and oxygen atoms in total. The second-order valence-electron chi connectivity index (χ2n) is 5.96. The molecule has 138 valence electrons. The fourth-order valence-corrected chi connectivity index (χ4v) is 2.96. The standard InChI is InChI=1S/C20H24ClN3O2/c1-13-16(10-14-3-4-18(23)15(9-14)5-6-22)11-17(12-25)20(19(13)21)26-8-7-24-2/h3-6,9,11-12,24H,7-8,10,22-23H2,1-2H3/b6-5-. The van der Waals surface area contributed by atoms with E-state index in [2.05, 4.69) is 5.32 Å². The third-order valence-corrected chi connectivity index (χ3v) is 4.60. The van der Waals surface area contributed by atoms with Crippen LogP contribution in [-0.2, 0) is 6.42 Å². The van der Waals surface area contributed by atoms with Gasteiger partial charge < -0.3 is 21.5 Å². The number of halogens is 1. The first-order chi connectivity index (χ1) is 12.5. The van der Waals surface area contributed by atoms with Gasteiger partial charge in [0.1, 0.15) is 12.4 Å². The number of hydrogen-bond acceptors (Lipinski definition) is 5. The highest BCUT2D eigenvalue weighted by Crippen LogP contribution is 2.34. The first-order valence-electron chi connectivity index (χ1n) is 8.33. The van der Waals surface area contributed by atoms with Crippen LogP contribution in [0.2, 0.25) is 5.02 Å². The van der Waals surface area contributed by atoms with Crippen LogP contribution in [0, 0.1) is 6.92 Å². The highest BCUT2D eigenvalue weighted by Gasteiger charge is 2.16. The van der Waals surface area contributed by atoms with Crippen molar-refractivity contribution in [2.24, 2.45) is 5.73 Å². The lowest BCUT2D eigenvalue weighted by Gasteiger charge is -2.16. The average molecular weight is 374 g/mol. The fourth-order valence-electron chi connectivity index (χ4n) is 2.67. The number of ether oxygens (including phenoxy) is 1. The Bertz CT molecular complexity index is 819. The van der Waals surface area contributed by atoms with Gasteiger partial charge >= 0.3 is 0 Å². The van der Waals surface area contributed by atoms with Crippen molar-refractivity contribution >= 4 is 29.7 Å². The Morgan fingerprint density at radius 2 is 2.04 bits per heavy atom. The summed E-state index contributed by atoms with van der Waals surface area (Å²) in [5.41, 5.74) is 16.3. The Morgan fingerprint density at radius 1 is 1.27 bits per heavy atom. The van der Waals surface area contributed by atoms with E-state index in [0.717, 1.165) is 28.5 Å². The van der Waals surface area contributed by atoms with Gasteiger partial charge in [0.25, 0.3) is 0 Å². The zero-order valence-corrected chi connectivity index (χ0v) is 15.8. The maximum absolute atomic E-state index is 11.5. The van der Waals surface area contributed by atoms with Gasteiger partial charge in [-0.25, -0.2) is 0 Å². The molecule has 0 bridgehead atoms. The summed E-state index contributed by atoms with van der Waals surface area (Å²) >= 11 is 6.48. The SMILES string of the molecule is CNCCOc1c(C=O)cc(Cc2ccc(N)c(/C=C\N)c2)c(C)c1Cl. The Morgan fingerprint density at radius 3 is 2.69 bits per heavy atom. The number of carbonyl (C=O) groups excluding carboxylic acids is 1. The van der Waals surface area contributed by atoms with Gasteiger partial charge in [-0.05, 0) is 73.1 Å². The minimum absolute atomic E-state index is 0.433.